The van der Waals surface area contributed by atoms with Crippen LogP contribution in [0, 0.1) is 0 Å². The van der Waals surface area contributed by atoms with Crippen LogP contribution in [0.1, 0.15) is 12.8 Å². The molecule has 2 heterocycles. The van der Waals surface area contributed by atoms with E-state index in [-0.39, 0.29) is 13.2 Å². The van der Waals surface area contributed by atoms with Gasteiger partial charge in [0.15, 0.2) is 0 Å². The number of carbonyl (C=O) groups is 3. The van der Waals surface area contributed by atoms with E-state index in [0.717, 1.165) is 0 Å². The number of piperazine rings is 1. The number of carboxylic acid groups (broad SMARTS) is 1. The molecule has 4 N–H and O–H groups in total. The second-order valence-corrected chi connectivity index (χ2v) is 4.86. The molecular weight excluding hydrogens is 254 g/mol. The minimum absolute atomic E-state index is 0.101. The van der Waals surface area contributed by atoms with Crippen molar-refractivity contribution in [1.29, 1.82) is 0 Å². The number of aliphatic carboxylic acids is 1. The van der Waals surface area contributed by atoms with Crippen LogP contribution in [0.4, 0.5) is 0 Å². The predicted octanol–water partition coefficient (Wildman–Crippen LogP) is -2.09. The van der Waals surface area contributed by atoms with E-state index in [0.29, 0.717) is 19.6 Å². The van der Waals surface area contributed by atoms with Crippen LogP contribution in [-0.2, 0) is 19.1 Å². The van der Waals surface area contributed by atoms with E-state index in [4.69, 9.17) is 15.6 Å². The Bertz CT molecular complexity index is 405. The molecule has 2 unspecified atom stereocenters. The summed E-state index contributed by atoms with van der Waals surface area (Å²) in [6.07, 6.45) is -0.0434. The Morgan fingerprint density at radius 3 is 2.89 bits per heavy atom. The molecule has 2 saturated heterocycles. The molecule has 2 rings (SSSR count). The molecule has 0 aromatic carbocycles. The van der Waals surface area contributed by atoms with Crippen molar-refractivity contribution in [2.45, 2.75) is 24.4 Å². The number of hydrogen-bond donors (Lipinski definition) is 3. The van der Waals surface area contributed by atoms with Gasteiger partial charge in [-0.3, -0.25) is 14.4 Å². The third-order valence-electron chi connectivity index (χ3n) is 3.44. The minimum Gasteiger partial charge on any atom is -0.481 e. The molecule has 2 atom stereocenters. The molecule has 2 fully saturated rings. The van der Waals surface area contributed by atoms with Gasteiger partial charge in [-0.2, -0.15) is 0 Å². The summed E-state index contributed by atoms with van der Waals surface area (Å²) >= 11 is 0. The molecule has 0 aromatic rings. The minimum atomic E-state index is -1.14. The van der Waals surface area contributed by atoms with Crippen molar-refractivity contribution >= 4 is 17.8 Å². The molecule has 2 aliphatic heterocycles. The summed E-state index contributed by atoms with van der Waals surface area (Å²) in [5.74, 6) is -2.00. The summed E-state index contributed by atoms with van der Waals surface area (Å²) in [5, 5.41) is 11.4. The molecule has 0 bridgehead atoms. The highest BCUT2D eigenvalue weighted by Crippen LogP contribution is 2.21. The fourth-order valence-corrected chi connectivity index (χ4v) is 2.36. The average molecular weight is 271 g/mol. The first kappa shape index (κ1) is 13.8. The van der Waals surface area contributed by atoms with Crippen molar-refractivity contribution in [3.63, 3.8) is 0 Å². The van der Waals surface area contributed by atoms with Crippen LogP contribution in [-0.4, -0.2) is 65.7 Å². The Balaban J connectivity index is 2.17. The monoisotopic (exact) mass is 271 g/mol. The highest BCUT2D eigenvalue weighted by molar-refractivity contribution is 5.95. The second-order valence-electron chi connectivity index (χ2n) is 4.86. The van der Waals surface area contributed by atoms with Gasteiger partial charge in [0.2, 0.25) is 11.8 Å². The zero-order valence-electron chi connectivity index (χ0n) is 10.4. The number of rotatable bonds is 3. The maximum Gasteiger partial charge on any atom is 0.305 e. The molecule has 2 amide bonds. The molecule has 8 nitrogen and oxygen atoms in total. The summed E-state index contributed by atoms with van der Waals surface area (Å²) in [6.45, 7) is 1.06. The molecular formula is C11H17N3O5. The van der Waals surface area contributed by atoms with Crippen LogP contribution in [0.3, 0.4) is 0 Å². The zero-order chi connectivity index (χ0) is 14.0. The Morgan fingerprint density at radius 2 is 2.32 bits per heavy atom. The third-order valence-corrected chi connectivity index (χ3v) is 3.44. The summed E-state index contributed by atoms with van der Waals surface area (Å²) in [4.78, 5) is 36.2. The molecule has 0 aromatic heterocycles. The number of nitrogens with zero attached hydrogens (tertiary/aromatic N) is 1. The van der Waals surface area contributed by atoms with E-state index in [2.05, 4.69) is 5.32 Å². The topological polar surface area (TPSA) is 122 Å². The Hall–Kier alpha value is -1.67. The molecule has 19 heavy (non-hydrogen) atoms. The average Bonchev–Trinajstić information content (AvgIpc) is 2.79. The van der Waals surface area contributed by atoms with E-state index in [9.17, 15) is 14.4 Å². The van der Waals surface area contributed by atoms with Gasteiger partial charge < -0.3 is 25.8 Å². The van der Waals surface area contributed by atoms with Gasteiger partial charge in [-0.05, 0) is 6.42 Å². The zero-order valence-corrected chi connectivity index (χ0v) is 10.4. The smallest absolute Gasteiger partial charge is 0.305 e. The molecule has 2 aliphatic rings. The number of carbonyl (C=O) groups excluding carboxylic acids is 2. The molecule has 0 radical (unpaired) electrons. The van der Waals surface area contributed by atoms with Crippen LogP contribution >= 0.6 is 0 Å². The maximum absolute atomic E-state index is 12.4. The fourth-order valence-electron chi connectivity index (χ4n) is 2.36. The predicted molar refractivity (Wildman–Crippen MR) is 63.1 cm³/mol. The van der Waals surface area contributed by atoms with Gasteiger partial charge in [0.05, 0.1) is 13.0 Å². The highest BCUT2D eigenvalue weighted by Gasteiger charge is 2.45. The van der Waals surface area contributed by atoms with Gasteiger partial charge >= 0.3 is 5.97 Å². The first-order valence-corrected chi connectivity index (χ1v) is 6.11. The number of carboxylic acids is 1. The molecule has 0 spiro atoms. The van der Waals surface area contributed by atoms with Crippen molar-refractivity contribution in [2.75, 3.05) is 26.3 Å². The van der Waals surface area contributed by atoms with Crippen molar-refractivity contribution in [2.24, 2.45) is 5.73 Å². The van der Waals surface area contributed by atoms with Crippen LogP contribution in [0.5, 0.6) is 0 Å². The van der Waals surface area contributed by atoms with E-state index < -0.39 is 35.8 Å². The third kappa shape index (κ3) is 2.69. The molecule has 106 valence electrons. The SMILES string of the molecule is NC1(C(=O)N2CCNC(=O)C2CC(=O)O)CCOC1. The molecule has 0 saturated carbocycles. The van der Waals surface area contributed by atoms with Crippen molar-refractivity contribution in [1.82, 2.24) is 10.2 Å². The lowest BCUT2D eigenvalue weighted by atomic mass is 9.96. The summed E-state index contributed by atoms with van der Waals surface area (Å²) in [7, 11) is 0. The highest BCUT2D eigenvalue weighted by atomic mass is 16.5. The van der Waals surface area contributed by atoms with E-state index in [1.165, 1.54) is 4.90 Å². The number of ether oxygens (including phenoxy) is 1. The van der Waals surface area contributed by atoms with E-state index in [1.807, 2.05) is 0 Å². The molecule has 8 heteroatoms. The van der Waals surface area contributed by atoms with Crippen LogP contribution in [0.15, 0.2) is 0 Å². The molecule has 0 aliphatic carbocycles. The van der Waals surface area contributed by atoms with Crippen LogP contribution < -0.4 is 11.1 Å². The van der Waals surface area contributed by atoms with Gasteiger partial charge in [0.1, 0.15) is 11.6 Å². The van der Waals surface area contributed by atoms with E-state index in [1.54, 1.807) is 0 Å². The number of hydrogen-bond acceptors (Lipinski definition) is 5. The van der Waals surface area contributed by atoms with E-state index >= 15 is 0 Å². The van der Waals surface area contributed by atoms with Gasteiger partial charge in [-0.15, -0.1) is 0 Å². The van der Waals surface area contributed by atoms with Crippen molar-refractivity contribution in [3.8, 4) is 0 Å². The number of nitrogens with one attached hydrogen (secondary N) is 1. The maximum atomic E-state index is 12.4. The van der Waals surface area contributed by atoms with Crippen molar-refractivity contribution < 1.29 is 24.2 Å². The summed E-state index contributed by atoms with van der Waals surface area (Å²) in [6, 6.07) is -1.00. The van der Waals surface area contributed by atoms with Gasteiger partial charge in [0, 0.05) is 19.7 Å². The summed E-state index contributed by atoms with van der Waals surface area (Å²) < 4.78 is 5.13. The largest absolute Gasteiger partial charge is 0.481 e. The lowest BCUT2D eigenvalue weighted by molar-refractivity contribution is -0.151. The van der Waals surface area contributed by atoms with Crippen LogP contribution in [0.2, 0.25) is 0 Å². The summed E-state index contributed by atoms with van der Waals surface area (Å²) in [5.41, 5.74) is 4.83. The van der Waals surface area contributed by atoms with Crippen LogP contribution in [0.25, 0.3) is 0 Å². The standard InChI is InChI=1S/C11H17N3O5/c12-11(1-4-19-6-11)10(18)14-3-2-13-9(17)7(14)5-8(15)16/h7H,1-6,12H2,(H,13,17)(H,15,16). The van der Waals surface area contributed by atoms with Gasteiger partial charge in [-0.25, -0.2) is 0 Å². The lowest BCUT2D eigenvalue weighted by Crippen LogP contribution is -2.65. The lowest BCUT2D eigenvalue weighted by Gasteiger charge is -2.38. The Labute approximate surface area is 109 Å². The first-order valence-electron chi connectivity index (χ1n) is 6.11. The van der Waals surface area contributed by atoms with Gasteiger partial charge in [-0.1, -0.05) is 0 Å². The Morgan fingerprint density at radius 1 is 1.58 bits per heavy atom. The number of amides is 2. The fraction of sp³-hybridized carbons (Fsp3) is 0.727. The quantitative estimate of drug-likeness (QED) is 0.541. The van der Waals surface area contributed by atoms with Crippen molar-refractivity contribution in [3.05, 3.63) is 0 Å². The second kappa shape index (κ2) is 5.14. The first-order chi connectivity index (χ1) is 8.94. The van der Waals surface area contributed by atoms with Gasteiger partial charge in [0.25, 0.3) is 0 Å². The number of nitrogens with two attached hydrogens (primary N) is 1. The normalized spacial score (nSPS) is 31.1. The Kier molecular flexibility index (Phi) is 3.72.